The van der Waals surface area contributed by atoms with E-state index in [-0.39, 0.29) is 5.41 Å². The molecule has 1 aromatic carbocycles. The number of amides is 1. The van der Waals surface area contributed by atoms with Crippen molar-refractivity contribution in [3.8, 4) is 0 Å². The molecule has 0 fully saturated rings. The first kappa shape index (κ1) is 16.0. The Morgan fingerprint density at radius 1 is 1.25 bits per heavy atom. The number of nitrogens with two attached hydrogens (primary N) is 1. The highest BCUT2D eigenvalue weighted by molar-refractivity contribution is 5.93. The van der Waals surface area contributed by atoms with Crippen molar-refractivity contribution >= 4 is 17.6 Å². The quantitative estimate of drug-likeness (QED) is 0.744. The van der Waals surface area contributed by atoms with Gasteiger partial charge in [-0.25, -0.2) is 0 Å². The summed E-state index contributed by atoms with van der Waals surface area (Å²) in [4.78, 5) is 22.2. The third kappa shape index (κ3) is 5.30. The van der Waals surface area contributed by atoms with Crippen molar-refractivity contribution in [3.63, 3.8) is 0 Å². The largest absolute Gasteiger partial charge is 0.481 e. The topological polar surface area (TPSA) is 92.4 Å². The molecule has 0 aliphatic carbocycles. The smallest absolute Gasteiger partial charge is 0.308 e. The maximum Gasteiger partial charge on any atom is 0.308 e. The van der Waals surface area contributed by atoms with Crippen molar-refractivity contribution < 1.29 is 14.7 Å². The molecule has 5 heteroatoms. The van der Waals surface area contributed by atoms with Crippen LogP contribution in [-0.4, -0.2) is 23.5 Å². The Kier molecular flexibility index (Phi) is 5.13. The van der Waals surface area contributed by atoms with Crippen LogP contribution in [0.2, 0.25) is 0 Å². The van der Waals surface area contributed by atoms with Gasteiger partial charge in [-0.1, -0.05) is 20.8 Å². The van der Waals surface area contributed by atoms with E-state index in [1.54, 1.807) is 24.3 Å². The second-order valence-electron chi connectivity index (χ2n) is 6.12. The highest BCUT2D eigenvalue weighted by Gasteiger charge is 2.24. The summed E-state index contributed by atoms with van der Waals surface area (Å²) in [5.41, 5.74) is 6.32. The highest BCUT2D eigenvalue weighted by Crippen LogP contribution is 2.25. The average molecular weight is 278 g/mol. The zero-order valence-electron chi connectivity index (χ0n) is 12.1. The molecule has 0 heterocycles. The zero-order valence-corrected chi connectivity index (χ0v) is 12.1. The summed E-state index contributed by atoms with van der Waals surface area (Å²) in [6.07, 6.45) is 0.592. The van der Waals surface area contributed by atoms with Gasteiger partial charge >= 0.3 is 5.97 Å². The third-order valence-corrected chi connectivity index (χ3v) is 2.93. The molecule has 0 bridgehead atoms. The first-order valence-electron chi connectivity index (χ1n) is 6.55. The number of carboxylic acids is 1. The molecule has 0 spiro atoms. The fraction of sp³-hybridized carbons (Fsp3) is 0.467. The number of primary amides is 1. The van der Waals surface area contributed by atoms with Crippen LogP contribution in [0.25, 0.3) is 0 Å². The molecule has 0 saturated heterocycles. The molecule has 0 radical (unpaired) electrons. The lowest BCUT2D eigenvalue weighted by molar-refractivity contribution is -0.142. The third-order valence-electron chi connectivity index (χ3n) is 2.93. The van der Waals surface area contributed by atoms with Gasteiger partial charge in [-0.2, -0.15) is 0 Å². The number of benzene rings is 1. The standard InChI is InChI=1S/C15H22N2O3/c1-15(2,3)8-11(14(19)20)9-17-12-6-4-10(5-7-12)13(16)18/h4-7,11,17H,8-9H2,1-3H3,(H2,16,18)(H,19,20). The van der Waals surface area contributed by atoms with Crippen LogP contribution in [0.1, 0.15) is 37.6 Å². The molecule has 4 N–H and O–H groups in total. The van der Waals surface area contributed by atoms with Gasteiger partial charge in [0.15, 0.2) is 0 Å². The summed E-state index contributed by atoms with van der Waals surface area (Å²) in [5.74, 6) is -1.74. The van der Waals surface area contributed by atoms with E-state index in [2.05, 4.69) is 5.32 Å². The maximum atomic E-state index is 11.2. The number of aliphatic carboxylic acids is 1. The predicted molar refractivity (Wildman–Crippen MR) is 78.6 cm³/mol. The lowest BCUT2D eigenvalue weighted by Gasteiger charge is -2.23. The number of hydrogen-bond donors (Lipinski definition) is 3. The second-order valence-corrected chi connectivity index (χ2v) is 6.12. The molecule has 0 saturated carbocycles. The van der Waals surface area contributed by atoms with Crippen molar-refractivity contribution in [2.24, 2.45) is 17.1 Å². The van der Waals surface area contributed by atoms with Crippen LogP contribution in [0, 0.1) is 11.3 Å². The van der Waals surface area contributed by atoms with Crippen LogP contribution in [0.5, 0.6) is 0 Å². The molecule has 5 nitrogen and oxygen atoms in total. The van der Waals surface area contributed by atoms with Crippen molar-refractivity contribution in [2.45, 2.75) is 27.2 Å². The lowest BCUT2D eigenvalue weighted by Crippen LogP contribution is -2.27. The molecule has 1 rings (SSSR count). The minimum atomic E-state index is -0.804. The number of nitrogens with one attached hydrogen (secondary N) is 1. The Labute approximate surface area is 119 Å². The molecule has 20 heavy (non-hydrogen) atoms. The van der Waals surface area contributed by atoms with E-state index in [1.807, 2.05) is 20.8 Å². The van der Waals surface area contributed by atoms with Gasteiger partial charge in [0.05, 0.1) is 5.92 Å². The van der Waals surface area contributed by atoms with Crippen LogP contribution in [0.3, 0.4) is 0 Å². The molecule has 1 aromatic rings. The van der Waals surface area contributed by atoms with Gasteiger partial charge in [-0.15, -0.1) is 0 Å². The molecule has 0 aliphatic rings. The minimum absolute atomic E-state index is 0.0411. The Bertz CT molecular complexity index is 475. The normalized spacial score (nSPS) is 12.8. The zero-order chi connectivity index (χ0) is 15.3. The molecule has 0 aliphatic heterocycles. The summed E-state index contributed by atoms with van der Waals surface area (Å²) in [7, 11) is 0. The first-order valence-corrected chi connectivity index (χ1v) is 6.55. The number of rotatable bonds is 6. The lowest BCUT2D eigenvalue weighted by atomic mass is 9.84. The van der Waals surface area contributed by atoms with Crippen molar-refractivity contribution in [1.29, 1.82) is 0 Å². The average Bonchev–Trinajstić information content (AvgIpc) is 2.33. The molecule has 1 atom stereocenters. The van der Waals surface area contributed by atoms with E-state index in [0.717, 1.165) is 5.69 Å². The van der Waals surface area contributed by atoms with Gasteiger partial charge in [-0.05, 0) is 36.1 Å². The van der Waals surface area contributed by atoms with Gasteiger partial charge in [0.1, 0.15) is 0 Å². The van der Waals surface area contributed by atoms with Gasteiger partial charge < -0.3 is 16.2 Å². The number of carbonyl (C=O) groups is 2. The number of carboxylic acid groups (broad SMARTS) is 1. The molecule has 0 aromatic heterocycles. The monoisotopic (exact) mass is 278 g/mol. The van der Waals surface area contributed by atoms with Gasteiger partial charge in [0, 0.05) is 17.8 Å². The summed E-state index contributed by atoms with van der Waals surface area (Å²) < 4.78 is 0. The highest BCUT2D eigenvalue weighted by atomic mass is 16.4. The second kappa shape index (κ2) is 6.41. The summed E-state index contributed by atoms with van der Waals surface area (Å²) in [5, 5.41) is 12.3. The summed E-state index contributed by atoms with van der Waals surface area (Å²) in [6.45, 7) is 6.41. The maximum absolute atomic E-state index is 11.2. The molecular formula is C15H22N2O3. The first-order chi connectivity index (χ1) is 9.19. The Hall–Kier alpha value is -2.04. The van der Waals surface area contributed by atoms with Crippen molar-refractivity contribution in [1.82, 2.24) is 0 Å². The molecular weight excluding hydrogens is 256 g/mol. The fourth-order valence-electron chi connectivity index (χ4n) is 1.98. The van der Waals surface area contributed by atoms with Gasteiger partial charge in [0.25, 0.3) is 0 Å². The van der Waals surface area contributed by atoms with Crippen LogP contribution >= 0.6 is 0 Å². The number of carbonyl (C=O) groups excluding carboxylic acids is 1. The van der Waals surface area contributed by atoms with Crippen molar-refractivity contribution in [3.05, 3.63) is 29.8 Å². The van der Waals surface area contributed by atoms with E-state index in [1.165, 1.54) is 0 Å². The molecule has 1 unspecified atom stereocenters. The number of hydrogen-bond acceptors (Lipinski definition) is 3. The van der Waals surface area contributed by atoms with E-state index >= 15 is 0 Å². The number of anilines is 1. The Morgan fingerprint density at radius 3 is 2.20 bits per heavy atom. The minimum Gasteiger partial charge on any atom is -0.481 e. The summed E-state index contributed by atoms with van der Waals surface area (Å²) in [6, 6.07) is 6.67. The van der Waals surface area contributed by atoms with E-state index in [0.29, 0.717) is 18.5 Å². The van der Waals surface area contributed by atoms with Crippen LogP contribution < -0.4 is 11.1 Å². The Morgan fingerprint density at radius 2 is 1.80 bits per heavy atom. The SMILES string of the molecule is CC(C)(C)CC(CNc1ccc(C(N)=O)cc1)C(=O)O. The Balaban J connectivity index is 2.63. The van der Waals surface area contributed by atoms with E-state index < -0.39 is 17.8 Å². The van der Waals surface area contributed by atoms with Gasteiger partial charge in [0.2, 0.25) is 5.91 Å². The van der Waals surface area contributed by atoms with Gasteiger partial charge in [-0.3, -0.25) is 9.59 Å². The van der Waals surface area contributed by atoms with Crippen LogP contribution in [0.4, 0.5) is 5.69 Å². The van der Waals surface area contributed by atoms with Crippen LogP contribution in [0.15, 0.2) is 24.3 Å². The van der Waals surface area contributed by atoms with E-state index in [9.17, 15) is 14.7 Å². The molecule has 110 valence electrons. The fourth-order valence-corrected chi connectivity index (χ4v) is 1.98. The van der Waals surface area contributed by atoms with Crippen molar-refractivity contribution in [2.75, 3.05) is 11.9 Å². The van der Waals surface area contributed by atoms with E-state index in [4.69, 9.17) is 5.73 Å². The summed E-state index contributed by atoms with van der Waals surface area (Å²) >= 11 is 0. The predicted octanol–water partition coefficient (Wildman–Crippen LogP) is 2.33. The molecule has 1 amide bonds. The van der Waals surface area contributed by atoms with Crippen LogP contribution in [-0.2, 0) is 4.79 Å².